The Labute approximate surface area is 99.4 Å². The summed E-state index contributed by atoms with van der Waals surface area (Å²) < 4.78 is 5.84. The summed E-state index contributed by atoms with van der Waals surface area (Å²) in [7, 11) is 0. The lowest BCUT2D eigenvalue weighted by Gasteiger charge is -2.61. The summed E-state index contributed by atoms with van der Waals surface area (Å²) in [5.74, 6) is 0. The zero-order valence-electron chi connectivity index (χ0n) is 10.7. The second-order valence-corrected chi connectivity index (χ2v) is 5.13. The summed E-state index contributed by atoms with van der Waals surface area (Å²) in [6.07, 6.45) is 11.4. The highest BCUT2D eigenvalue weighted by molar-refractivity contribution is 5.12. The van der Waals surface area contributed by atoms with Crippen LogP contribution in [0.15, 0.2) is 12.2 Å². The maximum absolute atomic E-state index is 5.84. The molecule has 0 amide bonds. The van der Waals surface area contributed by atoms with E-state index in [9.17, 15) is 0 Å². The number of rotatable bonds is 6. The maximum Gasteiger partial charge on any atom is 0.0661 e. The molecular weight excluding hydrogens is 198 g/mol. The lowest BCUT2D eigenvalue weighted by atomic mass is 9.51. The van der Waals surface area contributed by atoms with E-state index in [1.54, 1.807) is 0 Å². The van der Waals surface area contributed by atoms with Crippen molar-refractivity contribution in [2.75, 3.05) is 13.2 Å². The molecule has 0 aromatic rings. The van der Waals surface area contributed by atoms with E-state index in [-0.39, 0.29) is 0 Å². The Morgan fingerprint density at radius 3 is 2.81 bits per heavy atom. The van der Waals surface area contributed by atoms with Crippen molar-refractivity contribution in [3.63, 3.8) is 0 Å². The van der Waals surface area contributed by atoms with Gasteiger partial charge < -0.3 is 10.1 Å². The zero-order valence-corrected chi connectivity index (χ0v) is 10.7. The molecule has 16 heavy (non-hydrogen) atoms. The first-order chi connectivity index (χ1) is 7.83. The van der Waals surface area contributed by atoms with Crippen molar-refractivity contribution in [3.05, 3.63) is 12.2 Å². The second kappa shape index (κ2) is 5.33. The number of hydrogen-bond donors (Lipinski definition) is 1. The minimum absolute atomic E-state index is 0.520. The van der Waals surface area contributed by atoms with E-state index >= 15 is 0 Å². The molecule has 0 aromatic heterocycles. The Hall–Kier alpha value is -0.340. The molecule has 1 spiro atoms. The van der Waals surface area contributed by atoms with Gasteiger partial charge in [-0.05, 0) is 46.1 Å². The average molecular weight is 223 g/mol. The van der Waals surface area contributed by atoms with Gasteiger partial charge in [-0.3, -0.25) is 0 Å². The highest BCUT2D eigenvalue weighted by Crippen LogP contribution is 2.57. The molecule has 0 radical (unpaired) electrons. The molecule has 2 saturated carbocycles. The third-order valence-electron chi connectivity index (χ3n) is 4.37. The molecule has 2 nitrogen and oxygen atoms in total. The Morgan fingerprint density at radius 1 is 1.44 bits per heavy atom. The number of allylic oxidation sites excluding steroid dienone is 1. The van der Waals surface area contributed by atoms with Crippen molar-refractivity contribution >= 4 is 0 Å². The van der Waals surface area contributed by atoms with Gasteiger partial charge in [-0.2, -0.15) is 0 Å². The smallest absolute Gasteiger partial charge is 0.0661 e. The molecule has 2 heteroatoms. The monoisotopic (exact) mass is 223 g/mol. The lowest BCUT2D eigenvalue weighted by molar-refractivity contribution is -0.172. The van der Waals surface area contributed by atoms with E-state index < -0.39 is 0 Å². The van der Waals surface area contributed by atoms with Crippen molar-refractivity contribution in [1.29, 1.82) is 0 Å². The van der Waals surface area contributed by atoms with Gasteiger partial charge in [-0.15, -0.1) is 0 Å². The van der Waals surface area contributed by atoms with Gasteiger partial charge in [0.1, 0.15) is 0 Å². The summed E-state index contributed by atoms with van der Waals surface area (Å²) in [4.78, 5) is 0. The molecule has 2 fully saturated rings. The summed E-state index contributed by atoms with van der Waals surface area (Å²) in [5.41, 5.74) is 0.520. The van der Waals surface area contributed by atoms with E-state index in [0.717, 1.165) is 25.6 Å². The van der Waals surface area contributed by atoms with Crippen LogP contribution in [0.1, 0.15) is 46.0 Å². The molecule has 0 aliphatic heterocycles. The standard InChI is InChI=1S/C14H25NO/c1-3-5-6-10-15-12-11-13(16-4-2)14(12)8-7-9-14/h3,5,12-13,15H,4,6-11H2,1-2H3/b5-3+. The minimum Gasteiger partial charge on any atom is -0.378 e. The largest absolute Gasteiger partial charge is 0.378 e. The Morgan fingerprint density at radius 2 is 2.25 bits per heavy atom. The average Bonchev–Trinajstić information content (AvgIpc) is 2.18. The molecular formula is C14H25NO. The van der Waals surface area contributed by atoms with Crippen LogP contribution in [-0.2, 0) is 4.74 Å². The lowest BCUT2D eigenvalue weighted by Crippen LogP contribution is -2.66. The van der Waals surface area contributed by atoms with Crippen molar-refractivity contribution in [2.45, 2.75) is 58.1 Å². The summed E-state index contributed by atoms with van der Waals surface area (Å²) >= 11 is 0. The predicted molar refractivity (Wildman–Crippen MR) is 67.5 cm³/mol. The third-order valence-corrected chi connectivity index (χ3v) is 4.37. The molecule has 2 rings (SSSR count). The second-order valence-electron chi connectivity index (χ2n) is 5.13. The molecule has 2 aliphatic carbocycles. The molecule has 2 atom stereocenters. The van der Waals surface area contributed by atoms with Gasteiger partial charge in [0.05, 0.1) is 6.10 Å². The van der Waals surface area contributed by atoms with Gasteiger partial charge in [0.25, 0.3) is 0 Å². The highest BCUT2D eigenvalue weighted by atomic mass is 16.5. The van der Waals surface area contributed by atoms with Gasteiger partial charge in [-0.1, -0.05) is 18.6 Å². The van der Waals surface area contributed by atoms with Crippen LogP contribution in [0.2, 0.25) is 0 Å². The molecule has 2 unspecified atom stereocenters. The van der Waals surface area contributed by atoms with Crippen LogP contribution in [0.3, 0.4) is 0 Å². The van der Waals surface area contributed by atoms with E-state index in [1.807, 2.05) is 0 Å². The van der Waals surface area contributed by atoms with Crippen LogP contribution >= 0.6 is 0 Å². The van der Waals surface area contributed by atoms with Gasteiger partial charge in [0.15, 0.2) is 0 Å². The Balaban J connectivity index is 1.75. The quantitative estimate of drug-likeness (QED) is 0.552. The Kier molecular flexibility index (Phi) is 4.04. The van der Waals surface area contributed by atoms with Crippen molar-refractivity contribution < 1.29 is 4.74 Å². The molecule has 2 aliphatic rings. The fourth-order valence-electron chi connectivity index (χ4n) is 3.23. The van der Waals surface area contributed by atoms with E-state index in [4.69, 9.17) is 4.74 Å². The topological polar surface area (TPSA) is 21.3 Å². The molecule has 92 valence electrons. The molecule has 0 heterocycles. The number of nitrogens with one attached hydrogen (secondary N) is 1. The summed E-state index contributed by atoms with van der Waals surface area (Å²) in [6.45, 7) is 6.19. The van der Waals surface area contributed by atoms with Crippen LogP contribution in [-0.4, -0.2) is 25.3 Å². The van der Waals surface area contributed by atoms with Crippen LogP contribution < -0.4 is 5.32 Å². The summed E-state index contributed by atoms with van der Waals surface area (Å²) in [6, 6.07) is 0.725. The molecule has 0 bridgehead atoms. The van der Waals surface area contributed by atoms with E-state index in [2.05, 4.69) is 31.3 Å². The maximum atomic E-state index is 5.84. The number of hydrogen-bond acceptors (Lipinski definition) is 2. The predicted octanol–water partition coefficient (Wildman–Crippen LogP) is 2.89. The first kappa shape index (κ1) is 12.1. The van der Waals surface area contributed by atoms with Crippen molar-refractivity contribution in [3.8, 4) is 0 Å². The SMILES string of the molecule is C/C=C/CCNC1CC(OCC)C12CCC2. The van der Waals surface area contributed by atoms with Crippen LogP contribution in [0.25, 0.3) is 0 Å². The molecule has 0 saturated heterocycles. The van der Waals surface area contributed by atoms with Crippen LogP contribution in [0.5, 0.6) is 0 Å². The first-order valence-corrected chi connectivity index (χ1v) is 6.79. The van der Waals surface area contributed by atoms with Gasteiger partial charge in [-0.25, -0.2) is 0 Å². The van der Waals surface area contributed by atoms with Gasteiger partial charge >= 0.3 is 0 Å². The minimum atomic E-state index is 0.520. The van der Waals surface area contributed by atoms with Gasteiger partial charge in [0, 0.05) is 18.1 Å². The fourth-order valence-corrected chi connectivity index (χ4v) is 3.23. The fraction of sp³-hybridized carbons (Fsp3) is 0.857. The van der Waals surface area contributed by atoms with E-state index in [1.165, 1.54) is 25.7 Å². The zero-order chi connectivity index (χ0) is 11.4. The van der Waals surface area contributed by atoms with Crippen molar-refractivity contribution in [1.82, 2.24) is 5.32 Å². The first-order valence-electron chi connectivity index (χ1n) is 6.79. The molecule has 1 N–H and O–H groups in total. The van der Waals surface area contributed by atoms with E-state index in [0.29, 0.717) is 11.5 Å². The van der Waals surface area contributed by atoms with Crippen molar-refractivity contribution in [2.24, 2.45) is 5.41 Å². The van der Waals surface area contributed by atoms with Crippen LogP contribution in [0, 0.1) is 5.41 Å². The molecule has 0 aromatic carbocycles. The Bertz CT molecular complexity index is 245. The van der Waals surface area contributed by atoms with Gasteiger partial charge in [0.2, 0.25) is 0 Å². The normalized spacial score (nSPS) is 31.6. The number of ether oxygens (including phenoxy) is 1. The summed E-state index contributed by atoms with van der Waals surface area (Å²) in [5, 5.41) is 3.70. The highest BCUT2D eigenvalue weighted by Gasteiger charge is 2.58. The van der Waals surface area contributed by atoms with Crippen LogP contribution in [0.4, 0.5) is 0 Å². The third kappa shape index (κ3) is 2.05.